The van der Waals surface area contributed by atoms with E-state index in [1.807, 2.05) is 30.4 Å². The van der Waals surface area contributed by atoms with Gasteiger partial charge in [0, 0.05) is 12.8 Å². The summed E-state index contributed by atoms with van der Waals surface area (Å²) >= 11 is 0. The van der Waals surface area contributed by atoms with Gasteiger partial charge in [0.15, 0.2) is 6.10 Å². The zero-order chi connectivity index (χ0) is 34.5. The lowest BCUT2D eigenvalue weighted by atomic mass is 10.0. The zero-order valence-corrected chi connectivity index (χ0v) is 29.9. The van der Waals surface area contributed by atoms with Crippen molar-refractivity contribution >= 4 is 11.9 Å². The van der Waals surface area contributed by atoms with E-state index in [1.54, 1.807) is 6.08 Å². The van der Waals surface area contributed by atoms with Crippen LogP contribution in [0.3, 0.4) is 0 Å². The standard InChI is InChI=1S/C41H68O6/c1-3-5-7-9-11-13-15-17-19-21-23-25-28-32-38(43)33-29-27-31-35-41(45)47-39(36-42)37-46-40(44)34-30-26-24-22-20-18-16-14-12-10-8-6-4-2/h5,7,11,13,17,19,23,25,27-29,32,38-39,42-43H,3-4,6,8-10,12,14-16,18,20-22,24,26,30-31,33-37H2,1-2H3/b7-5-,13-11-,19-17-,25-23-,29-27-,32-28-/t38?,39-/m0/s1. The Morgan fingerprint density at radius 2 is 1.17 bits per heavy atom. The van der Waals surface area contributed by atoms with Gasteiger partial charge in [0.05, 0.1) is 12.7 Å². The van der Waals surface area contributed by atoms with Crippen LogP contribution in [0.25, 0.3) is 0 Å². The quantitative estimate of drug-likeness (QED) is 0.0324. The third-order valence-electron chi connectivity index (χ3n) is 7.61. The molecule has 0 bridgehead atoms. The molecule has 0 aromatic rings. The second-order valence-electron chi connectivity index (χ2n) is 12.1. The fraction of sp³-hybridized carbons (Fsp3) is 0.659. The largest absolute Gasteiger partial charge is 0.462 e. The molecule has 2 atom stereocenters. The molecule has 0 aliphatic heterocycles. The Morgan fingerprint density at radius 3 is 1.74 bits per heavy atom. The van der Waals surface area contributed by atoms with Crippen LogP contribution < -0.4 is 0 Å². The van der Waals surface area contributed by atoms with E-state index >= 15 is 0 Å². The minimum atomic E-state index is -0.854. The molecule has 0 aliphatic rings. The van der Waals surface area contributed by atoms with Gasteiger partial charge in [-0.1, -0.05) is 164 Å². The number of unbranched alkanes of at least 4 members (excludes halogenated alkanes) is 12. The Hall–Kier alpha value is -2.70. The number of ether oxygens (including phenoxy) is 2. The molecule has 1 unspecified atom stereocenters. The van der Waals surface area contributed by atoms with Crippen LogP contribution in [0.5, 0.6) is 0 Å². The van der Waals surface area contributed by atoms with Crippen LogP contribution in [-0.4, -0.2) is 47.6 Å². The molecule has 0 aliphatic carbocycles. The highest BCUT2D eigenvalue weighted by Crippen LogP contribution is 2.13. The van der Waals surface area contributed by atoms with Crippen LogP contribution in [0.2, 0.25) is 0 Å². The summed E-state index contributed by atoms with van der Waals surface area (Å²) < 4.78 is 10.5. The Labute approximate surface area is 287 Å². The second-order valence-corrected chi connectivity index (χ2v) is 12.1. The normalized spacial score (nSPS) is 13.7. The molecule has 0 saturated heterocycles. The molecule has 268 valence electrons. The molecular weight excluding hydrogens is 588 g/mol. The Bertz CT molecular complexity index is 898. The zero-order valence-electron chi connectivity index (χ0n) is 29.9. The lowest BCUT2D eigenvalue weighted by Gasteiger charge is -2.15. The molecule has 47 heavy (non-hydrogen) atoms. The fourth-order valence-corrected chi connectivity index (χ4v) is 4.78. The van der Waals surface area contributed by atoms with E-state index in [4.69, 9.17) is 9.47 Å². The van der Waals surface area contributed by atoms with Crippen LogP contribution in [0, 0.1) is 0 Å². The van der Waals surface area contributed by atoms with E-state index < -0.39 is 24.8 Å². The summed E-state index contributed by atoms with van der Waals surface area (Å²) in [6.07, 6.45) is 44.2. The molecule has 0 saturated carbocycles. The van der Waals surface area contributed by atoms with E-state index in [9.17, 15) is 19.8 Å². The lowest BCUT2D eigenvalue weighted by Crippen LogP contribution is -2.28. The van der Waals surface area contributed by atoms with E-state index in [1.165, 1.54) is 64.2 Å². The van der Waals surface area contributed by atoms with E-state index in [-0.39, 0.29) is 19.0 Å². The van der Waals surface area contributed by atoms with Crippen molar-refractivity contribution < 1.29 is 29.3 Å². The third kappa shape index (κ3) is 34.5. The first-order valence-electron chi connectivity index (χ1n) is 18.6. The Kier molecular flexibility index (Phi) is 34.1. The van der Waals surface area contributed by atoms with Crippen LogP contribution >= 0.6 is 0 Å². The summed E-state index contributed by atoms with van der Waals surface area (Å²) in [6, 6.07) is 0. The topological polar surface area (TPSA) is 93.1 Å². The maximum absolute atomic E-state index is 12.1. The summed E-state index contributed by atoms with van der Waals surface area (Å²) in [5.74, 6) is -0.777. The monoisotopic (exact) mass is 657 g/mol. The Morgan fingerprint density at radius 1 is 0.617 bits per heavy atom. The van der Waals surface area contributed by atoms with Gasteiger partial charge < -0.3 is 19.7 Å². The molecule has 6 nitrogen and oxygen atoms in total. The van der Waals surface area contributed by atoms with Crippen molar-refractivity contribution in [2.24, 2.45) is 0 Å². The maximum Gasteiger partial charge on any atom is 0.306 e. The first-order valence-corrected chi connectivity index (χ1v) is 18.6. The van der Waals surface area contributed by atoms with Gasteiger partial charge in [-0.15, -0.1) is 0 Å². The highest BCUT2D eigenvalue weighted by atomic mass is 16.6. The van der Waals surface area contributed by atoms with Gasteiger partial charge in [0.25, 0.3) is 0 Å². The number of carbonyl (C=O) groups is 2. The highest BCUT2D eigenvalue weighted by molar-refractivity contribution is 5.70. The van der Waals surface area contributed by atoms with Gasteiger partial charge in [-0.3, -0.25) is 9.59 Å². The van der Waals surface area contributed by atoms with Crippen molar-refractivity contribution in [2.45, 2.75) is 161 Å². The van der Waals surface area contributed by atoms with Crippen molar-refractivity contribution in [1.29, 1.82) is 0 Å². The number of hydrogen-bond acceptors (Lipinski definition) is 6. The number of rotatable bonds is 32. The number of carbonyl (C=O) groups excluding carboxylic acids is 2. The van der Waals surface area contributed by atoms with E-state index in [0.29, 0.717) is 19.3 Å². The molecule has 0 aromatic heterocycles. The average molecular weight is 657 g/mol. The van der Waals surface area contributed by atoms with Crippen molar-refractivity contribution in [2.75, 3.05) is 13.2 Å². The number of aliphatic hydroxyl groups excluding tert-OH is 2. The van der Waals surface area contributed by atoms with Gasteiger partial charge in [0.2, 0.25) is 0 Å². The van der Waals surface area contributed by atoms with Crippen LogP contribution in [0.4, 0.5) is 0 Å². The maximum atomic E-state index is 12.1. The van der Waals surface area contributed by atoms with Gasteiger partial charge in [0.1, 0.15) is 6.61 Å². The average Bonchev–Trinajstić information content (AvgIpc) is 3.07. The van der Waals surface area contributed by atoms with Gasteiger partial charge in [-0.25, -0.2) is 0 Å². The number of hydrogen-bond donors (Lipinski definition) is 2. The first kappa shape index (κ1) is 44.3. The molecule has 0 spiro atoms. The predicted octanol–water partition coefficient (Wildman–Crippen LogP) is 10.4. The molecule has 0 aromatic carbocycles. The lowest BCUT2D eigenvalue weighted by molar-refractivity contribution is -0.161. The van der Waals surface area contributed by atoms with Crippen LogP contribution in [0.1, 0.15) is 149 Å². The smallest absolute Gasteiger partial charge is 0.306 e. The number of aliphatic hydroxyl groups is 2. The minimum Gasteiger partial charge on any atom is -0.462 e. The van der Waals surface area contributed by atoms with Crippen molar-refractivity contribution in [1.82, 2.24) is 0 Å². The van der Waals surface area contributed by atoms with E-state index in [0.717, 1.165) is 44.9 Å². The van der Waals surface area contributed by atoms with Crippen molar-refractivity contribution in [3.8, 4) is 0 Å². The highest BCUT2D eigenvalue weighted by Gasteiger charge is 2.15. The molecule has 0 amide bonds. The molecule has 0 fully saturated rings. The van der Waals surface area contributed by atoms with Gasteiger partial charge in [-0.05, 0) is 44.9 Å². The van der Waals surface area contributed by atoms with Crippen LogP contribution in [-0.2, 0) is 19.1 Å². The molecular formula is C41H68O6. The summed E-state index contributed by atoms with van der Waals surface area (Å²) in [4.78, 5) is 24.2. The number of esters is 2. The molecule has 2 N–H and O–H groups in total. The van der Waals surface area contributed by atoms with E-state index in [2.05, 4.69) is 50.3 Å². The minimum absolute atomic E-state index is 0.132. The second kappa shape index (κ2) is 36.1. The summed E-state index contributed by atoms with van der Waals surface area (Å²) in [7, 11) is 0. The first-order chi connectivity index (χ1) is 23.0. The van der Waals surface area contributed by atoms with Gasteiger partial charge in [-0.2, -0.15) is 0 Å². The summed E-state index contributed by atoms with van der Waals surface area (Å²) in [6.45, 7) is 3.86. The van der Waals surface area contributed by atoms with Crippen molar-refractivity contribution in [3.05, 3.63) is 72.9 Å². The van der Waals surface area contributed by atoms with Crippen molar-refractivity contribution in [3.63, 3.8) is 0 Å². The number of allylic oxidation sites excluding steroid dienone is 10. The molecule has 0 radical (unpaired) electrons. The third-order valence-corrected chi connectivity index (χ3v) is 7.61. The summed E-state index contributed by atoms with van der Waals surface area (Å²) in [5, 5.41) is 19.6. The predicted molar refractivity (Wildman–Crippen MR) is 197 cm³/mol. The van der Waals surface area contributed by atoms with Crippen LogP contribution in [0.15, 0.2) is 72.9 Å². The summed E-state index contributed by atoms with van der Waals surface area (Å²) in [5.41, 5.74) is 0. The SMILES string of the molecule is CC/C=C\C/C=C\C/C=C\C/C=C\C=C/C(O)C/C=C\CCC(=O)O[C@@H](CO)COC(=O)CCCCCCCCCCCCCCC. The molecule has 6 heteroatoms. The molecule has 0 rings (SSSR count). The Balaban J connectivity index is 3.84. The van der Waals surface area contributed by atoms with Gasteiger partial charge >= 0.3 is 11.9 Å². The molecule has 0 heterocycles. The fourth-order valence-electron chi connectivity index (χ4n) is 4.78.